The van der Waals surface area contributed by atoms with Gasteiger partial charge in [-0.05, 0) is 44.0 Å². The van der Waals surface area contributed by atoms with Gasteiger partial charge in [0, 0.05) is 11.6 Å². The van der Waals surface area contributed by atoms with Crippen molar-refractivity contribution in [3.63, 3.8) is 0 Å². The summed E-state index contributed by atoms with van der Waals surface area (Å²) in [6.07, 6.45) is 0.987. The van der Waals surface area contributed by atoms with Crippen molar-refractivity contribution in [2.24, 2.45) is 0 Å². The number of hydrogen-bond donors (Lipinski definition) is 1. The lowest BCUT2D eigenvalue weighted by Crippen LogP contribution is -2.33. The monoisotopic (exact) mass is 339 g/mol. The molecule has 2 aromatic carbocycles. The first-order valence-corrected chi connectivity index (χ1v) is 8.46. The van der Waals surface area contributed by atoms with Crippen LogP contribution in [0, 0.1) is 0 Å². The number of nitrogens with one attached hydrogen (secondary N) is 1. The summed E-state index contributed by atoms with van der Waals surface area (Å²) in [7, 11) is 0. The highest BCUT2D eigenvalue weighted by Crippen LogP contribution is 2.24. The Morgan fingerprint density at radius 1 is 1.08 bits per heavy atom. The van der Waals surface area contributed by atoms with E-state index in [1.165, 1.54) is 0 Å². The van der Waals surface area contributed by atoms with E-state index in [9.17, 15) is 9.59 Å². The first kappa shape index (κ1) is 17.0. The van der Waals surface area contributed by atoms with E-state index in [4.69, 9.17) is 9.47 Å². The van der Waals surface area contributed by atoms with Crippen molar-refractivity contribution < 1.29 is 19.1 Å². The minimum absolute atomic E-state index is 0.197. The lowest BCUT2D eigenvalue weighted by molar-refractivity contribution is -0.130. The fraction of sp³-hybridized carbons (Fsp3) is 0.300. The van der Waals surface area contributed by atoms with Crippen LogP contribution in [0.15, 0.2) is 54.6 Å². The van der Waals surface area contributed by atoms with Crippen molar-refractivity contribution in [1.29, 1.82) is 0 Å². The normalized spacial score (nSPS) is 14.4. The molecule has 0 spiro atoms. The minimum atomic E-state index is -0.958. The molecular formula is C20H21NO4. The van der Waals surface area contributed by atoms with Crippen molar-refractivity contribution >= 4 is 11.9 Å². The Balaban J connectivity index is 1.74. The summed E-state index contributed by atoms with van der Waals surface area (Å²) < 4.78 is 10.9. The molecule has 0 aliphatic heterocycles. The van der Waals surface area contributed by atoms with Crippen molar-refractivity contribution in [3.8, 4) is 5.75 Å². The molecule has 25 heavy (non-hydrogen) atoms. The Morgan fingerprint density at radius 3 is 2.36 bits per heavy atom. The molecule has 1 aliphatic carbocycles. The Hall–Kier alpha value is -2.82. The molecule has 1 aliphatic rings. The molecule has 1 fully saturated rings. The van der Waals surface area contributed by atoms with Crippen LogP contribution in [0.5, 0.6) is 5.75 Å². The molecule has 1 N–H and O–H groups in total. The Bertz CT molecular complexity index is 723. The predicted molar refractivity (Wildman–Crippen MR) is 93.4 cm³/mol. The number of hydrogen-bond acceptors (Lipinski definition) is 4. The van der Waals surface area contributed by atoms with E-state index in [2.05, 4.69) is 5.32 Å². The van der Waals surface area contributed by atoms with E-state index in [0.29, 0.717) is 23.5 Å². The highest BCUT2D eigenvalue weighted by atomic mass is 16.5. The summed E-state index contributed by atoms with van der Waals surface area (Å²) in [5.74, 6) is -0.138. The summed E-state index contributed by atoms with van der Waals surface area (Å²) in [6.45, 7) is 2.45. The molecule has 3 rings (SSSR count). The van der Waals surface area contributed by atoms with Crippen LogP contribution in [0.3, 0.4) is 0 Å². The van der Waals surface area contributed by atoms with Crippen LogP contribution >= 0.6 is 0 Å². The maximum absolute atomic E-state index is 12.5. The zero-order valence-electron chi connectivity index (χ0n) is 14.1. The van der Waals surface area contributed by atoms with Gasteiger partial charge in [0.05, 0.1) is 12.2 Å². The molecule has 0 bridgehead atoms. The Labute approximate surface area is 147 Å². The second kappa shape index (κ2) is 7.83. The van der Waals surface area contributed by atoms with Crippen LogP contribution in [0.2, 0.25) is 0 Å². The Morgan fingerprint density at radius 2 is 1.76 bits per heavy atom. The summed E-state index contributed by atoms with van der Waals surface area (Å²) in [5.41, 5.74) is 1.03. The number of carbonyl (C=O) groups is 2. The third-order valence-electron chi connectivity index (χ3n) is 3.89. The van der Waals surface area contributed by atoms with Crippen molar-refractivity contribution in [2.45, 2.75) is 31.9 Å². The number of amides is 1. The van der Waals surface area contributed by atoms with Crippen molar-refractivity contribution in [2.75, 3.05) is 6.61 Å². The third-order valence-corrected chi connectivity index (χ3v) is 3.89. The highest BCUT2D eigenvalue weighted by molar-refractivity contribution is 5.93. The second-order valence-corrected chi connectivity index (χ2v) is 5.94. The van der Waals surface area contributed by atoms with Gasteiger partial charge in [0.2, 0.25) is 6.10 Å². The first-order chi connectivity index (χ1) is 12.2. The molecule has 1 amide bonds. The highest BCUT2D eigenvalue weighted by Gasteiger charge is 2.31. The van der Waals surface area contributed by atoms with E-state index in [-0.39, 0.29) is 11.9 Å². The SMILES string of the molecule is CCOc1ccc(C(=O)OC(C(=O)NC2CC2)c2ccccc2)cc1. The fourth-order valence-corrected chi connectivity index (χ4v) is 2.43. The standard InChI is InChI=1S/C20H21NO4/c1-2-24-17-12-8-15(9-13-17)20(23)25-18(14-6-4-3-5-7-14)19(22)21-16-10-11-16/h3-9,12-13,16,18H,2,10-11H2,1H3,(H,21,22). The van der Waals surface area contributed by atoms with Crippen LogP contribution < -0.4 is 10.1 Å². The van der Waals surface area contributed by atoms with E-state index in [1.54, 1.807) is 36.4 Å². The molecule has 0 heterocycles. The summed E-state index contributed by atoms with van der Waals surface area (Å²) >= 11 is 0. The second-order valence-electron chi connectivity index (χ2n) is 5.94. The van der Waals surface area contributed by atoms with Crippen LogP contribution in [0.4, 0.5) is 0 Å². The number of carbonyl (C=O) groups excluding carboxylic acids is 2. The number of rotatable bonds is 7. The first-order valence-electron chi connectivity index (χ1n) is 8.46. The summed E-state index contributed by atoms with van der Waals surface area (Å²) in [6, 6.07) is 15.9. The van der Waals surface area contributed by atoms with Gasteiger partial charge in [-0.1, -0.05) is 30.3 Å². The molecule has 0 saturated heterocycles. The lowest BCUT2D eigenvalue weighted by atomic mass is 10.1. The van der Waals surface area contributed by atoms with Gasteiger partial charge in [-0.25, -0.2) is 4.79 Å². The molecule has 2 aromatic rings. The van der Waals surface area contributed by atoms with Gasteiger partial charge < -0.3 is 14.8 Å². The average Bonchev–Trinajstić information content (AvgIpc) is 3.45. The van der Waals surface area contributed by atoms with Crippen molar-refractivity contribution in [3.05, 3.63) is 65.7 Å². The van der Waals surface area contributed by atoms with Gasteiger partial charge in [0.15, 0.2) is 0 Å². The van der Waals surface area contributed by atoms with Gasteiger partial charge in [0.1, 0.15) is 5.75 Å². The summed E-state index contributed by atoms with van der Waals surface area (Å²) in [4.78, 5) is 25.0. The topological polar surface area (TPSA) is 64.6 Å². The minimum Gasteiger partial charge on any atom is -0.494 e. The quantitative estimate of drug-likeness (QED) is 0.787. The van der Waals surface area contributed by atoms with Crippen molar-refractivity contribution in [1.82, 2.24) is 5.32 Å². The van der Waals surface area contributed by atoms with Gasteiger partial charge in [0.25, 0.3) is 5.91 Å². The zero-order chi connectivity index (χ0) is 17.6. The van der Waals surface area contributed by atoms with E-state index >= 15 is 0 Å². The molecule has 5 nitrogen and oxygen atoms in total. The van der Waals surface area contributed by atoms with E-state index in [0.717, 1.165) is 12.8 Å². The summed E-state index contributed by atoms with van der Waals surface area (Å²) in [5, 5.41) is 2.90. The largest absolute Gasteiger partial charge is 0.494 e. The fourth-order valence-electron chi connectivity index (χ4n) is 2.43. The van der Waals surface area contributed by atoms with Crippen LogP contribution in [-0.2, 0) is 9.53 Å². The van der Waals surface area contributed by atoms with Crippen LogP contribution in [0.25, 0.3) is 0 Å². The van der Waals surface area contributed by atoms with Crippen LogP contribution in [-0.4, -0.2) is 24.5 Å². The van der Waals surface area contributed by atoms with E-state index < -0.39 is 12.1 Å². The molecule has 1 atom stereocenters. The number of ether oxygens (including phenoxy) is 2. The predicted octanol–water partition coefficient (Wildman–Crippen LogP) is 3.26. The van der Waals surface area contributed by atoms with E-state index in [1.807, 2.05) is 25.1 Å². The number of benzene rings is 2. The number of esters is 1. The molecule has 5 heteroatoms. The molecule has 0 radical (unpaired) electrons. The molecule has 1 saturated carbocycles. The van der Waals surface area contributed by atoms with Gasteiger partial charge in [-0.2, -0.15) is 0 Å². The van der Waals surface area contributed by atoms with Gasteiger partial charge >= 0.3 is 5.97 Å². The maximum atomic E-state index is 12.5. The molecule has 130 valence electrons. The molecule has 1 unspecified atom stereocenters. The maximum Gasteiger partial charge on any atom is 0.339 e. The smallest absolute Gasteiger partial charge is 0.339 e. The molecule has 0 aromatic heterocycles. The van der Waals surface area contributed by atoms with Gasteiger partial charge in [-0.3, -0.25) is 4.79 Å². The third kappa shape index (κ3) is 4.59. The zero-order valence-corrected chi connectivity index (χ0v) is 14.1. The average molecular weight is 339 g/mol. The lowest BCUT2D eigenvalue weighted by Gasteiger charge is -2.18. The molecular weight excluding hydrogens is 318 g/mol. The Kier molecular flexibility index (Phi) is 5.33. The van der Waals surface area contributed by atoms with Crippen LogP contribution in [0.1, 0.15) is 41.8 Å². The van der Waals surface area contributed by atoms with Gasteiger partial charge in [-0.15, -0.1) is 0 Å².